The maximum atomic E-state index is 5.62. The molecule has 4 nitrogen and oxygen atoms in total. The fourth-order valence-corrected chi connectivity index (χ4v) is 2.17. The molecule has 0 aliphatic carbocycles. The third-order valence-electron chi connectivity index (χ3n) is 3.35. The summed E-state index contributed by atoms with van der Waals surface area (Å²) < 4.78 is 5.62. The van der Waals surface area contributed by atoms with E-state index in [1.807, 2.05) is 26.1 Å². The minimum atomic E-state index is 0.746. The van der Waals surface area contributed by atoms with Gasteiger partial charge in [0.25, 0.3) is 0 Å². The van der Waals surface area contributed by atoms with E-state index in [-0.39, 0.29) is 0 Å². The summed E-state index contributed by atoms with van der Waals surface area (Å²) in [6.07, 6.45) is 1.83. The minimum absolute atomic E-state index is 0.746. The molecule has 1 aromatic carbocycles. The van der Waals surface area contributed by atoms with Crippen molar-refractivity contribution in [2.45, 2.75) is 33.6 Å². The van der Waals surface area contributed by atoms with Crippen LogP contribution in [0.15, 0.2) is 24.3 Å². The average Bonchev–Trinajstić information content (AvgIpc) is 2.53. The van der Waals surface area contributed by atoms with Crippen molar-refractivity contribution in [1.82, 2.24) is 9.97 Å². The molecule has 0 amide bonds. The van der Waals surface area contributed by atoms with E-state index in [0.29, 0.717) is 0 Å². The van der Waals surface area contributed by atoms with Gasteiger partial charge in [-0.15, -0.1) is 0 Å². The number of rotatable bonds is 6. The summed E-state index contributed by atoms with van der Waals surface area (Å²) in [5.74, 6) is 2.64. The summed E-state index contributed by atoms with van der Waals surface area (Å²) in [6.45, 7) is 6.96. The number of hydrogen-bond donors (Lipinski definition) is 1. The molecule has 0 unspecified atom stereocenters. The van der Waals surface area contributed by atoms with E-state index in [9.17, 15) is 0 Å². The lowest BCUT2D eigenvalue weighted by atomic mass is 10.1. The molecule has 0 saturated carbocycles. The highest BCUT2D eigenvalue weighted by Gasteiger charge is 2.11. The molecule has 0 radical (unpaired) electrons. The summed E-state index contributed by atoms with van der Waals surface area (Å²) in [5, 5.41) is 3.14. The van der Waals surface area contributed by atoms with Gasteiger partial charge in [0.1, 0.15) is 17.4 Å². The van der Waals surface area contributed by atoms with Crippen LogP contribution in [0.4, 0.5) is 5.82 Å². The first-order chi connectivity index (χ1) is 10.2. The summed E-state index contributed by atoms with van der Waals surface area (Å²) in [6, 6.07) is 8.10. The lowest BCUT2D eigenvalue weighted by Crippen LogP contribution is -2.04. The number of anilines is 1. The summed E-state index contributed by atoms with van der Waals surface area (Å²) >= 11 is 0. The van der Waals surface area contributed by atoms with Crippen molar-refractivity contribution in [2.75, 3.05) is 19.0 Å². The van der Waals surface area contributed by atoms with Gasteiger partial charge in [-0.3, -0.25) is 0 Å². The highest BCUT2D eigenvalue weighted by molar-refractivity contribution is 5.68. The molecule has 1 N–H and O–H groups in total. The van der Waals surface area contributed by atoms with Crippen LogP contribution in [0.1, 0.15) is 31.7 Å². The van der Waals surface area contributed by atoms with E-state index >= 15 is 0 Å². The van der Waals surface area contributed by atoms with Gasteiger partial charge >= 0.3 is 0 Å². The largest absolute Gasteiger partial charge is 0.494 e. The Hall–Kier alpha value is -2.10. The molecule has 2 rings (SSSR count). The smallest absolute Gasteiger partial charge is 0.132 e. The van der Waals surface area contributed by atoms with Crippen LogP contribution in [-0.4, -0.2) is 23.6 Å². The van der Waals surface area contributed by atoms with E-state index < -0.39 is 0 Å². The molecule has 0 fully saturated rings. The first-order valence-electron chi connectivity index (χ1n) is 7.48. The molecule has 0 saturated heterocycles. The number of nitrogens with zero attached hydrogens (tertiary/aromatic N) is 2. The van der Waals surface area contributed by atoms with Crippen molar-refractivity contribution in [3.05, 3.63) is 35.7 Å². The van der Waals surface area contributed by atoms with Gasteiger partial charge in [-0.1, -0.05) is 13.8 Å². The highest BCUT2D eigenvalue weighted by Crippen LogP contribution is 2.27. The molecule has 0 bridgehead atoms. The molecule has 2 aromatic rings. The standard InChI is InChI=1S/C17H23N3O/c1-5-11-21-14-9-7-13(8-10-14)16-12(3)17(18-4)20-15(6-2)19-16/h7-10H,5-6,11H2,1-4H3,(H,18,19,20). The van der Waals surface area contributed by atoms with E-state index in [0.717, 1.165) is 53.7 Å². The second-order valence-electron chi connectivity index (χ2n) is 4.94. The zero-order chi connectivity index (χ0) is 15.2. The van der Waals surface area contributed by atoms with Crippen molar-refractivity contribution in [3.8, 4) is 17.0 Å². The average molecular weight is 285 g/mol. The zero-order valence-corrected chi connectivity index (χ0v) is 13.2. The van der Waals surface area contributed by atoms with Crippen LogP contribution in [0, 0.1) is 6.92 Å². The molecular weight excluding hydrogens is 262 g/mol. The van der Waals surface area contributed by atoms with Crippen LogP contribution in [-0.2, 0) is 6.42 Å². The summed E-state index contributed by atoms with van der Waals surface area (Å²) in [4.78, 5) is 9.18. The molecule has 0 atom stereocenters. The van der Waals surface area contributed by atoms with Gasteiger partial charge in [0.15, 0.2) is 0 Å². The third kappa shape index (κ3) is 3.51. The van der Waals surface area contributed by atoms with Crippen molar-refractivity contribution in [2.24, 2.45) is 0 Å². The molecule has 21 heavy (non-hydrogen) atoms. The van der Waals surface area contributed by atoms with E-state index in [1.54, 1.807) is 0 Å². The predicted molar refractivity (Wildman–Crippen MR) is 86.9 cm³/mol. The molecule has 0 aliphatic heterocycles. The van der Waals surface area contributed by atoms with Gasteiger partial charge in [0, 0.05) is 24.6 Å². The number of ether oxygens (including phenoxy) is 1. The second-order valence-corrected chi connectivity index (χ2v) is 4.94. The number of aryl methyl sites for hydroxylation is 1. The van der Waals surface area contributed by atoms with Gasteiger partial charge in [-0.2, -0.15) is 0 Å². The Bertz CT molecular complexity index is 594. The number of hydrogen-bond acceptors (Lipinski definition) is 4. The minimum Gasteiger partial charge on any atom is -0.494 e. The van der Waals surface area contributed by atoms with E-state index in [1.165, 1.54) is 0 Å². The second kappa shape index (κ2) is 7.07. The number of aromatic nitrogens is 2. The molecule has 112 valence electrons. The van der Waals surface area contributed by atoms with E-state index in [4.69, 9.17) is 4.74 Å². The molecule has 4 heteroatoms. The van der Waals surface area contributed by atoms with Crippen LogP contribution in [0.2, 0.25) is 0 Å². The van der Waals surface area contributed by atoms with Crippen LogP contribution in [0.5, 0.6) is 5.75 Å². The quantitative estimate of drug-likeness (QED) is 0.876. The van der Waals surface area contributed by atoms with Gasteiger partial charge in [0.05, 0.1) is 12.3 Å². The van der Waals surface area contributed by atoms with Gasteiger partial charge in [-0.25, -0.2) is 9.97 Å². The lowest BCUT2D eigenvalue weighted by molar-refractivity contribution is 0.317. The van der Waals surface area contributed by atoms with Crippen LogP contribution in [0.25, 0.3) is 11.3 Å². The monoisotopic (exact) mass is 285 g/mol. The maximum absolute atomic E-state index is 5.62. The SMILES string of the molecule is CCCOc1ccc(-c2nc(CC)nc(NC)c2C)cc1. The van der Waals surface area contributed by atoms with Gasteiger partial charge in [0.2, 0.25) is 0 Å². The predicted octanol–water partition coefficient (Wildman–Crippen LogP) is 3.84. The van der Waals surface area contributed by atoms with Gasteiger partial charge < -0.3 is 10.1 Å². The topological polar surface area (TPSA) is 47.0 Å². The summed E-state index contributed by atoms with van der Waals surface area (Å²) in [5.41, 5.74) is 3.13. The van der Waals surface area contributed by atoms with Crippen molar-refractivity contribution < 1.29 is 4.74 Å². The molecule has 1 heterocycles. The fourth-order valence-electron chi connectivity index (χ4n) is 2.17. The Kier molecular flexibility index (Phi) is 5.14. The maximum Gasteiger partial charge on any atom is 0.132 e. The first kappa shape index (κ1) is 15.3. The van der Waals surface area contributed by atoms with E-state index in [2.05, 4.69) is 41.3 Å². The Labute approximate surface area is 126 Å². The van der Waals surface area contributed by atoms with Crippen LogP contribution in [0.3, 0.4) is 0 Å². The molecular formula is C17H23N3O. The number of nitrogens with one attached hydrogen (secondary N) is 1. The van der Waals surface area contributed by atoms with Crippen molar-refractivity contribution in [1.29, 1.82) is 0 Å². The van der Waals surface area contributed by atoms with Crippen molar-refractivity contribution >= 4 is 5.82 Å². The summed E-state index contributed by atoms with van der Waals surface area (Å²) in [7, 11) is 1.89. The fraction of sp³-hybridized carbons (Fsp3) is 0.412. The van der Waals surface area contributed by atoms with Crippen LogP contribution < -0.4 is 10.1 Å². The van der Waals surface area contributed by atoms with Gasteiger partial charge in [-0.05, 0) is 37.6 Å². The molecule has 0 aliphatic rings. The molecule has 1 aromatic heterocycles. The Morgan fingerprint density at radius 2 is 1.81 bits per heavy atom. The highest BCUT2D eigenvalue weighted by atomic mass is 16.5. The Morgan fingerprint density at radius 1 is 1.10 bits per heavy atom. The van der Waals surface area contributed by atoms with Crippen LogP contribution >= 0.6 is 0 Å². The lowest BCUT2D eigenvalue weighted by Gasteiger charge is -2.12. The zero-order valence-electron chi connectivity index (χ0n) is 13.2. The first-order valence-corrected chi connectivity index (χ1v) is 7.48. The Balaban J connectivity index is 2.36. The number of benzene rings is 1. The van der Waals surface area contributed by atoms with Crippen molar-refractivity contribution in [3.63, 3.8) is 0 Å². The Morgan fingerprint density at radius 3 is 2.38 bits per heavy atom. The normalized spacial score (nSPS) is 10.5. The third-order valence-corrected chi connectivity index (χ3v) is 3.35. The molecule has 0 spiro atoms.